The van der Waals surface area contributed by atoms with Crippen LogP contribution in [0.3, 0.4) is 0 Å². The van der Waals surface area contributed by atoms with Gasteiger partial charge in [0.15, 0.2) is 0 Å². The van der Waals surface area contributed by atoms with E-state index in [-0.39, 0.29) is 6.61 Å². The Balaban J connectivity index is 3.16. The lowest BCUT2D eigenvalue weighted by molar-refractivity contribution is -0.0185. The van der Waals surface area contributed by atoms with Crippen LogP contribution >= 0.6 is 0 Å². The Bertz CT molecular complexity index is 128. The van der Waals surface area contributed by atoms with Crippen LogP contribution in [0, 0.1) is 0 Å². The van der Waals surface area contributed by atoms with E-state index >= 15 is 0 Å². The normalized spacial score (nSPS) is 15.2. The average molecular weight is 218 g/mol. The average Bonchev–Trinajstić information content (AvgIpc) is 2.26. The van der Waals surface area contributed by atoms with E-state index in [0.717, 1.165) is 12.8 Å². The number of rotatable bonds is 10. The summed E-state index contributed by atoms with van der Waals surface area (Å²) in [7, 11) is 0. The number of hydrogen-bond acceptors (Lipinski definition) is 3. The van der Waals surface area contributed by atoms with Gasteiger partial charge >= 0.3 is 0 Å². The summed E-state index contributed by atoms with van der Waals surface area (Å²) in [6.45, 7) is 1.85. The van der Waals surface area contributed by atoms with Crippen molar-refractivity contribution in [1.29, 1.82) is 0 Å². The largest absolute Gasteiger partial charge is 0.394 e. The predicted octanol–water partition coefficient (Wildman–Crippen LogP) is 1.84. The standard InChI is InChI=1S/C12H26O3/c1-2-3-4-5-6-7-8-9-11(14)12(15)10-13/h11-15H,2-10H2,1H3. The molecule has 0 aliphatic heterocycles. The molecule has 0 rings (SSSR count). The van der Waals surface area contributed by atoms with Crippen molar-refractivity contribution in [2.24, 2.45) is 0 Å². The van der Waals surface area contributed by atoms with Gasteiger partial charge in [0.2, 0.25) is 0 Å². The van der Waals surface area contributed by atoms with Gasteiger partial charge in [-0.2, -0.15) is 0 Å². The van der Waals surface area contributed by atoms with Gasteiger partial charge in [-0.05, 0) is 6.42 Å². The number of hydrogen-bond donors (Lipinski definition) is 3. The van der Waals surface area contributed by atoms with Gasteiger partial charge in [0.1, 0.15) is 6.10 Å². The summed E-state index contributed by atoms with van der Waals surface area (Å²) in [4.78, 5) is 0. The number of unbranched alkanes of at least 4 members (excludes halogenated alkanes) is 6. The van der Waals surface area contributed by atoms with E-state index < -0.39 is 12.2 Å². The zero-order chi connectivity index (χ0) is 11.5. The maximum atomic E-state index is 9.35. The van der Waals surface area contributed by atoms with Crippen LogP contribution in [0.15, 0.2) is 0 Å². The van der Waals surface area contributed by atoms with Gasteiger partial charge < -0.3 is 15.3 Å². The molecular formula is C12H26O3. The Morgan fingerprint density at radius 3 is 1.87 bits per heavy atom. The van der Waals surface area contributed by atoms with Gasteiger partial charge in [-0.15, -0.1) is 0 Å². The van der Waals surface area contributed by atoms with Crippen molar-refractivity contribution in [3.05, 3.63) is 0 Å². The molecule has 0 spiro atoms. The maximum absolute atomic E-state index is 9.35. The second kappa shape index (κ2) is 10.4. The predicted molar refractivity (Wildman–Crippen MR) is 61.7 cm³/mol. The molecule has 15 heavy (non-hydrogen) atoms. The first-order chi connectivity index (χ1) is 7.22. The summed E-state index contributed by atoms with van der Waals surface area (Å²) in [6.07, 6.45) is 7.27. The molecule has 3 N–H and O–H groups in total. The SMILES string of the molecule is CCCCCCCCCC(O)C(O)CO. The third-order valence-electron chi connectivity index (χ3n) is 2.73. The molecule has 0 radical (unpaired) electrons. The quantitative estimate of drug-likeness (QED) is 0.490. The summed E-state index contributed by atoms with van der Waals surface area (Å²) in [5, 5.41) is 27.0. The van der Waals surface area contributed by atoms with Crippen LogP contribution in [0.1, 0.15) is 58.3 Å². The van der Waals surface area contributed by atoms with Crippen molar-refractivity contribution in [1.82, 2.24) is 0 Å². The molecule has 2 atom stereocenters. The molecule has 0 aliphatic rings. The minimum atomic E-state index is -0.968. The van der Waals surface area contributed by atoms with Crippen LogP contribution in [0.25, 0.3) is 0 Å². The summed E-state index contributed by atoms with van der Waals surface area (Å²) in [6, 6.07) is 0. The molecule has 3 heteroatoms. The molecule has 0 fully saturated rings. The topological polar surface area (TPSA) is 60.7 Å². The Morgan fingerprint density at radius 2 is 1.33 bits per heavy atom. The molecule has 0 saturated carbocycles. The fraction of sp³-hybridized carbons (Fsp3) is 1.00. The zero-order valence-corrected chi connectivity index (χ0v) is 9.86. The highest BCUT2D eigenvalue weighted by molar-refractivity contribution is 4.65. The van der Waals surface area contributed by atoms with E-state index in [0.29, 0.717) is 6.42 Å². The van der Waals surface area contributed by atoms with Crippen LogP contribution in [0.2, 0.25) is 0 Å². The van der Waals surface area contributed by atoms with Crippen LogP contribution in [-0.2, 0) is 0 Å². The van der Waals surface area contributed by atoms with Crippen molar-refractivity contribution in [2.45, 2.75) is 70.5 Å². The Morgan fingerprint density at radius 1 is 0.800 bits per heavy atom. The lowest BCUT2D eigenvalue weighted by Crippen LogP contribution is -2.28. The lowest BCUT2D eigenvalue weighted by atomic mass is 10.0. The van der Waals surface area contributed by atoms with E-state index in [1.807, 2.05) is 0 Å². The molecule has 0 bridgehead atoms. The van der Waals surface area contributed by atoms with Crippen LogP contribution in [0.4, 0.5) is 0 Å². The van der Waals surface area contributed by atoms with Crippen LogP contribution in [0.5, 0.6) is 0 Å². The fourth-order valence-corrected chi connectivity index (χ4v) is 1.62. The fourth-order valence-electron chi connectivity index (χ4n) is 1.62. The molecular weight excluding hydrogens is 192 g/mol. The number of aliphatic hydroxyl groups excluding tert-OH is 3. The Labute approximate surface area is 93.1 Å². The highest BCUT2D eigenvalue weighted by Gasteiger charge is 2.13. The molecule has 0 aromatic carbocycles. The minimum Gasteiger partial charge on any atom is -0.394 e. The van der Waals surface area contributed by atoms with Crippen molar-refractivity contribution < 1.29 is 15.3 Å². The molecule has 0 saturated heterocycles. The highest BCUT2D eigenvalue weighted by Crippen LogP contribution is 2.10. The first-order valence-corrected chi connectivity index (χ1v) is 6.19. The van der Waals surface area contributed by atoms with Crippen LogP contribution in [-0.4, -0.2) is 34.1 Å². The summed E-state index contributed by atoms with van der Waals surface area (Å²) in [5.41, 5.74) is 0. The molecule has 2 unspecified atom stereocenters. The Hall–Kier alpha value is -0.120. The first kappa shape index (κ1) is 14.9. The smallest absolute Gasteiger partial charge is 0.103 e. The van der Waals surface area contributed by atoms with E-state index in [2.05, 4.69) is 6.92 Å². The van der Waals surface area contributed by atoms with E-state index in [1.165, 1.54) is 32.1 Å². The first-order valence-electron chi connectivity index (χ1n) is 6.19. The van der Waals surface area contributed by atoms with Gasteiger partial charge in [0.25, 0.3) is 0 Å². The van der Waals surface area contributed by atoms with Gasteiger partial charge in [0, 0.05) is 0 Å². The van der Waals surface area contributed by atoms with Gasteiger partial charge in [-0.3, -0.25) is 0 Å². The van der Waals surface area contributed by atoms with E-state index in [4.69, 9.17) is 10.2 Å². The third-order valence-corrected chi connectivity index (χ3v) is 2.73. The van der Waals surface area contributed by atoms with Crippen molar-refractivity contribution in [2.75, 3.05) is 6.61 Å². The highest BCUT2D eigenvalue weighted by atomic mass is 16.4. The summed E-state index contributed by atoms with van der Waals surface area (Å²) in [5.74, 6) is 0. The molecule has 3 nitrogen and oxygen atoms in total. The maximum Gasteiger partial charge on any atom is 0.103 e. The minimum absolute atomic E-state index is 0.350. The van der Waals surface area contributed by atoms with E-state index in [9.17, 15) is 5.11 Å². The molecule has 0 aromatic rings. The Kier molecular flexibility index (Phi) is 10.3. The van der Waals surface area contributed by atoms with Gasteiger partial charge in [0.05, 0.1) is 12.7 Å². The van der Waals surface area contributed by atoms with Crippen molar-refractivity contribution in [3.63, 3.8) is 0 Å². The third kappa shape index (κ3) is 8.85. The van der Waals surface area contributed by atoms with Gasteiger partial charge in [-0.25, -0.2) is 0 Å². The van der Waals surface area contributed by atoms with Crippen molar-refractivity contribution in [3.8, 4) is 0 Å². The second-order valence-corrected chi connectivity index (χ2v) is 4.23. The molecule has 0 heterocycles. The van der Waals surface area contributed by atoms with E-state index in [1.54, 1.807) is 0 Å². The number of aliphatic hydroxyl groups is 3. The lowest BCUT2D eigenvalue weighted by Gasteiger charge is -2.14. The molecule has 0 aromatic heterocycles. The zero-order valence-electron chi connectivity index (χ0n) is 9.86. The van der Waals surface area contributed by atoms with Crippen LogP contribution < -0.4 is 0 Å². The summed E-state index contributed by atoms with van der Waals surface area (Å²) >= 11 is 0. The monoisotopic (exact) mass is 218 g/mol. The summed E-state index contributed by atoms with van der Waals surface area (Å²) < 4.78 is 0. The molecule has 0 aliphatic carbocycles. The van der Waals surface area contributed by atoms with Gasteiger partial charge in [-0.1, -0.05) is 51.9 Å². The molecule has 92 valence electrons. The molecule has 0 amide bonds. The second-order valence-electron chi connectivity index (χ2n) is 4.23. The van der Waals surface area contributed by atoms with Crippen molar-refractivity contribution >= 4 is 0 Å².